The fourth-order valence-electron chi connectivity index (χ4n) is 1.13. The van der Waals surface area contributed by atoms with E-state index in [1.807, 2.05) is 29.9 Å². The molecule has 0 aliphatic rings. The fraction of sp³-hybridized carbons (Fsp3) is 0.222. The molecule has 0 atom stereocenters. The van der Waals surface area contributed by atoms with Gasteiger partial charge in [-0.05, 0) is 12.1 Å². The van der Waals surface area contributed by atoms with Gasteiger partial charge in [0.1, 0.15) is 11.6 Å². The number of aromatic nitrogens is 4. The lowest BCUT2D eigenvalue weighted by Crippen LogP contribution is -2.06. The van der Waals surface area contributed by atoms with Gasteiger partial charge in [-0.1, -0.05) is 0 Å². The Labute approximate surface area is 81.8 Å². The highest BCUT2D eigenvalue weighted by molar-refractivity contribution is 5.31. The first-order chi connectivity index (χ1) is 6.86. The molecule has 2 rings (SSSR count). The summed E-state index contributed by atoms with van der Waals surface area (Å²) in [4.78, 5) is 4.18. The van der Waals surface area contributed by atoms with Crippen molar-refractivity contribution in [2.45, 2.75) is 6.54 Å². The molecule has 0 radical (unpaired) electrons. The predicted molar refractivity (Wildman–Crippen MR) is 52.6 cm³/mol. The van der Waals surface area contributed by atoms with E-state index >= 15 is 0 Å². The van der Waals surface area contributed by atoms with Crippen molar-refractivity contribution in [3.63, 3.8) is 0 Å². The van der Waals surface area contributed by atoms with E-state index in [4.69, 9.17) is 0 Å². The maximum Gasteiger partial charge on any atom is 0.149 e. The number of anilines is 1. The van der Waals surface area contributed by atoms with Crippen molar-refractivity contribution in [3.05, 3.63) is 36.5 Å². The van der Waals surface area contributed by atoms with Gasteiger partial charge in [-0.15, -0.1) is 5.10 Å². The average Bonchev–Trinajstić information content (AvgIpc) is 2.63. The molecular weight excluding hydrogens is 178 g/mol. The predicted octanol–water partition coefficient (Wildman–Crippen LogP) is 0.822. The normalized spacial score (nSPS) is 10.1. The molecule has 0 bridgehead atoms. The van der Waals surface area contributed by atoms with Crippen LogP contribution in [0.15, 0.2) is 30.7 Å². The van der Waals surface area contributed by atoms with Crippen molar-refractivity contribution in [1.82, 2.24) is 19.7 Å². The average molecular weight is 189 g/mol. The SMILES string of the molecule is Cn1ccnc1CNc1cccnn1. The van der Waals surface area contributed by atoms with Gasteiger partial charge >= 0.3 is 0 Å². The van der Waals surface area contributed by atoms with Crippen LogP contribution in [0, 0.1) is 0 Å². The summed E-state index contributed by atoms with van der Waals surface area (Å²) >= 11 is 0. The van der Waals surface area contributed by atoms with Crippen LogP contribution < -0.4 is 5.32 Å². The molecule has 14 heavy (non-hydrogen) atoms. The second-order valence-corrected chi connectivity index (χ2v) is 2.92. The van der Waals surface area contributed by atoms with Gasteiger partial charge in [0.05, 0.1) is 6.54 Å². The summed E-state index contributed by atoms with van der Waals surface area (Å²) < 4.78 is 1.96. The molecule has 2 heterocycles. The maximum atomic E-state index is 4.18. The van der Waals surface area contributed by atoms with Crippen LogP contribution in [0.25, 0.3) is 0 Å². The summed E-state index contributed by atoms with van der Waals surface area (Å²) in [5.41, 5.74) is 0. The molecule has 2 aromatic rings. The monoisotopic (exact) mass is 189 g/mol. The quantitative estimate of drug-likeness (QED) is 0.776. The van der Waals surface area contributed by atoms with Gasteiger partial charge in [-0.2, -0.15) is 5.10 Å². The Kier molecular flexibility index (Phi) is 2.40. The Bertz CT molecular complexity index is 395. The second kappa shape index (κ2) is 3.87. The van der Waals surface area contributed by atoms with E-state index < -0.39 is 0 Å². The van der Waals surface area contributed by atoms with Crippen LogP contribution in [0.5, 0.6) is 0 Å². The molecule has 0 fully saturated rings. The highest BCUT2D eigenvalue weighted by Gasteiger charge is 1.98. The molecule has 0 spiro atoms. The zero-order chi connectivity index (χ0) is 9.80. The molecule has 0 aliphatic carbocycles. The maximum absolute atomic E-state index is 4.18. The van der Waals surface area contributed by atoms with E-state index in [-0.39, 0.29) is 0 Å². The van der Waals surface area contributed by atoms with Gasteiger partial charge in [0.2, 0.25) is 0 Å². The summed E-state index contributed by atoms with van der Waals surface area (Å²) in [6, 6.07) is 3.71. The first-order valence-corrected chi connectivity index (χ1v) is 4.34. The third-order valence-corrected chi connectivity index (χ3v) is 1.92. The molecule has 0 aliphatic heterocycles. The molecule has 0 saturated heterocycles. The lowest BCUT2D eigenvalue weighted by molar-refractivity contribution is 0.808. The number of imidazole rings is 1. The molecule has 5 nitrogen and oxygen atoms in total. The highest BCUT2D eigenvalue weighted by atomic mass is 15.2. The highest BCUT2D eigenvalue weighted by Crippen LogP contribution is 2.01. The molecule has 0 saturated carbocycles. The molecule has 2 aromatic heterocycles. The number of aryl methyl sites for hydroxylation is 1. The summed E-state index contributed by atoms with van der Waals surface area (Å²) in [6.07, 6.45) is 5.33. The van der Waals surface area contributed by atoms with Crippen LogP contribution in [-0.4, -0.2) is 19.7 Å². The third-order valence-electron chi connectivity index (χ3n) is 1.92. The minimum Gasteiger partial charge on any atom is -0.361 e. The van der Waals surface area contributed by atoms with Gasteiger partial charge in [-0.25, -0.2) is 4.98 Å². The van der Waals surface area contributed by atoms with Gasteiger partial charge in [0.15, 0.2) is 0 Å². The Hall–Kier alpha value is -1.91. The zero-order valence-electron chi connectivity index (χ0n) is 7.88. The molecule has 0 unspecified atom stereocenters. The third kappa shape index (κ3) is 1.87. The van der Waals surface area contributed by atoms with E-state index in [0.717, 1.165) is 11.6 Å². The van der Waals surface area contributed by atoms with Crippen molar-refractivity contribution in [1.29, 1.82) is 0 Å². The topological polar surface area (TPSA) is 55.6 Å². The number of hydrogen-bond donors (Lipinski definition) is 1. The minimum absolute atomic E-state index is 0.655. The Morgan fingerprint density at radius 3 is 3.00 bits per heavy atom. The van der Waals surface area contributed by atoms with Gasteiger partial charge in [0, 0.05) is 25.6 Å². The van der Waals surface area contributed by atoms with Crippen LogP contribution in [0.1, 0.15) is 5.82 Å². The molecule has 0 aromatic carbocycles. The lowest BCUT2D eigenvalue weighted by atomic mass is 10.5. The minimum atomic E-state index is 0.655. The number of nitrogens with zero attached hydrogens (tertiary/aromatic N) is 4. The summed E-state index contributed by atoms with van der Waals surface area (Å²) in [5, 5.41) is 10.8. The first-order valence-electron chi connectivity index (χ1n) is 4.34. The molecule has 0 amide bonds. The largest absolute Gasteiger partial charge is 0.361 e. The number of rotatable bonds is 3. The van der Waals surface area contributed by atoms with Crippen molar-refractivity contribution in [2.75, 3.05) is 5.32 Å². The molecule has 5 heteroatoms. The van der Waals surface area contributed by atoms with Crippen molar-refractivity contribution in [2.24, 2.45) is 7.05 Å². The molecular formula is C9H11N5. The first kappa shape index (κ1) is 8.68. The standard InChI is InChI=1S/C9H11N5/c1-14-6-5-10-9(14)7-11-8-3-2-4-12-13-8/h2-6H,7H2,1H3,(H,11,13). The zero-order valence-corrected chi connectivity index (χ0v) is 7.88. The van der Waals surface area contributed by atoms with Gasteiger partial charge in [0.25, 0.3) is 0 Å². The van der Waals surface area contributed by atoms with Crippen molar-refractivity contribution < 1.29 is 0 Å². The Morgan fingerprint density at radius 2 is 2.36 bits per heavy atom. The number of hydrogen-bond acceptors (Lipinski definition) is 4. The molecule has 72 valence electrons. The molecule has 1 N–H and O–H groups in total. The van der Waals surface area contributed by atoms with Crippen LogP contribution in [0.2, 0.25) is 0 Å². The Balaban J connectivity index is 1.99. The Morgan fingerprint density at radius 1 is 1.43 bits per heavy atom. The lowest BCUT2D eigenvalue weighted by Gasteiger charge is -2.03. The van der Waals surface area contributed by atoms with E-state index in [9.17, 15) is 0 Å². The van der Waals surface area contributed by atoms with E-state index in [1.54, 1.807) is 12.4 Å². The smallest absolute Gasteiger partial charge is 0.149 e. The van der Waals surface area contributed by atoms with Crippen molar-refractivity contribution >= 4 is 5.82 Å². The summed E-state index contributed by atoms with van der Waals surface area (Å²) in [5.74, 6) is 1.73. The van der Waals surface area contributed by atoms with Crippen LogP contribution >= 0.6 is 0 Å². The van der Waals surface area contributed by atoms with Crippen molar-refractivity contribution in [3.8, 4) is 0 Å². The van der Waals surface area contributed by atoms with Crippen LogP contribution in [0.3, 0.4) is 0 Å². The summed E-state index contributed by atoms with van der Waals surface area (Å²) in [6.45, 7) is 0.655. The van der Waals surface area contributed by atoms with E-state index in [0.29, 0.717) is 6.54 Å². The van der Waals surface area contributed by atoms with Gasteiger partial charge in [-0.3, -0.25) is 0 Å². The van der Waals surface area contributed by atoms with E-state index in [2.05, 4.69) is 20.5 Å². The fourth-order valence-corrected chi connectivity index (χ4v) is 1.13. The number of nitrogens with one attached hydrogen (secondary N) is 1. The van der Waals surface area contributed by atoms with Crippen LogP contribution in [-0.2, 0) is 13.6 Å². The second-order valence-electron chi connectivity index (χ2n) is 2.92. The van der Waals surface area contributed by atoms with E-state index in [1.165, 1.54) is 0 Å². The van der Waals surface area contributed by atoms with Gasteiger partial charge < -0.3 is 9.88 Å². The van der Waals surface area contributed by atoms with Crippen LogP contribution in [0.4, 0.5) is 5.82 Å². The summed E-state index contributed by atoms with van der Waals surface area (Å²) in [7, 11) is 1.96.